The van der Waals surface area contributed by atoms with Crippen LogP contribution in [-0.2, 0) is 0 Å². The minimum Gasteiger partial charge on any atom is -0.309 e. The SMILES string of the molecule is c1ccc2c(c1)c1ccccc1c1cc(-c3ccc4c5ccccc5n(-c5cccc6c5c5cccc7c8ccccc8n6c75)c4c3)ccc21. The lowest BCUT2D eigenvalue weighted by Crippen LogP contribution is -1.95. The quantitative estimate of drug-likeness (QED) is 0.168. The van der Waals surface area contributed by atoms with E-state index in [-0.39, 0.29) is 0 Å². The summed E-state index contributed by atoms with van der Waals surface area (Å²) in [6, 6.07) is 63.0. The molecule has 0 bridgehead atoms. The first-order valence-corrected chi connectivity index (χ1v) is 17.4. The maximum absolute atomic E-state index is 2.50. The van der Waals surface area contributed by atoms with Crippen LogP contribution in [0.1, 0.15) is 0 Å². The van der Waals surface area contributed by atoms with E-state index in [1.165, 1.54) is 109 Å². The van der Waals surface area contributed by atoms with Crippen LogP contribution in [0.2, 0.25) is 0 Å². The summed E-state index contributed by atoms with van der Waals surface area (Å²) < 4.78 is 4.98. The fraction of sp³-hybridized carbons (Fsp3) is 0. The number of rotatable bonds is 2. The third-order valence-corrected chi connectivity index (χ3v) is 11.2. The van der Waals surface area contributed by atoms with Crippen LogP contribution < -0.4 is 0 Å². The van der Waals surface area contributed by atoms with Crippen LogP contribution in [0.15, 0.2) is 170 Å². The van der Waals surface area contributed by atoms with Gasteiger partial charge in [0, 0.05) is 32.3 Å². The molecule has 230 valence electrons. The first-order valence-electron chi connectivity index (χ1n) is 17.4. The smallest absolute Gasteiger partial charge is 0.0621 e. The van der Waals surface area contributed by atoms with Gasteiger partial charge in [-0.15, -0.1) is 0 Å². The number of hydrogen-bond donors (Lipinski definition) is 0. The van der Waals surface area contributed by atoms with Gasteiger partial charge in [-0.25, -0.2) is 0 Å². The molecule has 3 heterocycles. The number of nitrogens with zero attached hydrogens (tertiary/aromatic N) is 2. The Kier molecular flexibility index (Phi) is 5.00. The van der Waals surface area contributed by atoms with Crippen LogP contribution in [0, 0.1) is 0 Å². The molecule has 2 nitrogen and oxygen atoms in total. The summed E-state index contributed by atoms with van der Waals surface area (Å²) in [5, 5.41) is 15.5. The highest BCUT2D eigenvalue weighted by molar-refractivity contribution is 6.27. The van der Waals surface area contributed by atoms with Crippen LogP contribution in [0.4, 0.5) is 0 Å². The highest BCUT2D eigenvalue weighted by atomic mass is 15.0. The van der Waals surface area contributed by atoms with Crippen molar-refractivity contribution >= 4 is 92.2 Å². The molecular weight excluding hydrogens is 605 g/mol. The van der Waals surface area contributed by atoms with Crippen molar-refractivity contribution in [3.05, 3.63) is 170 Å². The zero-order valence-electron chi connectivity index (χ0n) is 27.1. The fourth-order valence-electron chi connectivity index (χ4n) is 9.14. The molecule has 0 unspecified atom stereocenters. The van der Waals surface area contributed by atoms with Gasteiger partial charge in [0.15, 0.2) is 0 Å². The van der Waals surface area contributed by atoms with Crippen molar-refractivity contribution in [1.82, 2.24) is 8.97 Å². The molecule has 0 aliphatic rings. The normalized spacial score (nSPS) is 12.4. The Bertz CT molecular complexity index is 3340. The molecule has 0 fully saturated rings. The van der Waals surface area contributed by atoms with Gasteiger partial charge < -0.3 is 8.97 Å². The maximum atomic E-state index is 2.50. The summed E-state index contributed by atoms with van der Waals surface area (Å²) in [4.78, 5) is 0. The minimum atomic E-state index is 1.21. The Balaban J connectivity index is 1.16. The second kappa shape index (κ2) is 9.49. The Hall–Kier alpha value is -6.64. The molecule has 2 heteroatoms. The fourth-order valence-corrected chi connectivity index (χ4v) is 9.14. The minimum absolute atomic E-state index is 1.21. The van der Waals surface area contributed by atoms with E-state index in [0.717, 1.165) is 0 Å². The molecule has 50 heavy (non-hydrogen) atoms. The van der Waals surface area contributed by atoms with Crippen LogP contribution in [0.3, 0.4) is 0 Å². The standard InChI is InChI=1S/C48H28N2/c1-2-13-33-31(11-1)32-12-3-4-14-34(32)41-27-29(23-25-35(33)41)30-24-26-38-36-15-5-7-19-42(36)49(46(38)28-30)44-21-10-22-45-47(44)40-18-9-17-39-37-16-6-8-20-43(37)50(45)48(39)40/h1-28H. The number of benzene rings is 9. The summed E-state index contributed by atoms with van der Waals surface area (Å²) in [5.41, 5.74) is 9.88. The van der Waals surface area contributed by atoms with Crippen molar-refractivity contribution in [2.24, 2.45) is 0 Å². The van der Waals surface area contributed by atoms with Crippen LogP contribution >= 0.6 is 0 Å². The lowest BCUT2D eigenvalue weighted by Gasteiger charge is -2.13. The molecule has 0 atom stereocenters. The van der Waals surface area contributed by atoms with Gasteiger partial charge in [-0.3, -0.25) is 0 Å². The average Bonchev–Trinajstić information content (AvgIpc) is 3.83. The van der Waals surface area contributed by atoms with E-state index >= 15 is 0 Å². The Morgan fingerprint density at radius 2 is 0.760 bits per heavy atom. The topological polar surface area (TPSA) is 9.34 Å². The van der Waals surface area contributed by atoms with Gasteiger partial charge in [-0.05, 0) is 79.8 Å². The van der Waals surface area contributed by atoms with E-state index in [2.05, 4.69) is 179 Å². The zero-order chi connectivity index (χ0) is 32.5. The highest BCUT2D eigenvalue weighted by Gasteiger charge is 2.22. The molecule has 0 amide bonds. The molecule has 0 saturated carbocycles. The largest absolute Gasteiger partial charge is 0.309 e. The lowest BCUT2D eigenvalue weighted by atomic mass is 9.92. The Labute approximate surface area is 287 Å². The van der Waals surface area contributed by atoms with Crippen molar-refractivity contribution in [3.8, 4) is 16.8 Å². The van der Waals surface area contributed by atoms with Crippen LogP contribution in [0.5, 0.6) is 0 Å². The predicted molar refractivity (Wildman–Crippen MR) is 213 cm³/mol. The molecule has 9 aromatic carbocycles. The average molecular weight is 633 g/mol. The number of fused-ring (bicyclic) bond motifs is 15. The second-order valence-corrected chi connectivity index (χ2v) is 13.7. The summed E-state index contributed by atoms with van der Waals surface area (Å²) in [5.74, 6) is 0. The van der Waals surface area contributed by atoms with Gasteiger partial charge in [0.1, 0.15) is 0 Å². The predicted octanol–water partition coefficient (Wildman–Crippen LogP) is 13.1. The first kappa shape index (κ1) is 26.3. The summed E-state index contributed by atoms with van der Waals surface area (Å²) in [7, 11) is 0. The number of hydrogen-bond acceptors (Lipinski definition) is 0. The molecular formula is C48H28N2. The van der Waals surface area contributed by atoms with Gasteiger partial charge in [0.25, 0.3) is 0 Å². The van der Waals surface area contributed by atoms with Gasteiger partial charge in [0.05, 0.1) is 33.3 Å². The van der Waals surface area contributed by atoms with Crippen molar-refractivity contribution < 1.29 is 0 Å². The third-order valence-electron chi connectivity index (χ3n) is 11.2. The molecule has 0 aliphatic carbocycles. The van der Waals surface area contributed by atoms with E-state index in [1.807, 2.05) is 0 Å². The van der Waals surface area contributed by atoms with Crippen molar-refractivity contribution in [3.63, 3.8) is 0 Å². The van der Waals surface area contributed by atoms with E-state index in [9.17, 15) is 0 Å². The molecule has 0 spiro atoms. The van der Waals surface area contributed by atoms with Gasteiger partial charge >= 0.3 is 0 Å². The molecule has 12 rings (SSSR count). The van der Waals surface area contributed by atoms with Crippen molar-refractivity contribution in [1.29, 1.82) is 0 Å². The van der Waals surface area contributed by atoms with Gasteiger partial charge in [-0.2, -0.15) is 0 Å². The molecule has 12 aromatic rings. The summed E-state index contributed by atoms with van der Waals surface area (Å²) in [6.07, 6.45) is 0. The summed E-state index contributed by atoms with van der Waals surface area (Å²) >= 11 is 0. The van der Waals surface area contributed by atoms with E-state index in [1.54, 1.807) is 0 Å². The van der Waals surface area contributed by atoms with E-state index in [4.69, 9.17) is 0 Å². The van der Waals surface area contributed by atoms with Gasteiger partial charge in [-0.1, -0.05) is 133 Å². The second-order valence-electron chi connectivity index (χ2n) is 13.7. The monoisotopic (exact) mass is 632 g/mol. The first-order chi connectivity index (χ1) is 24.8. The lowest BCUT2D eigenvalue weighted by molar-refractivity contribution is 1.20. The number of para-hydroxylation sites is 3. The van der Waals surface area contributed by atoms with E-state index < -0.39 is 0 Å². The molecule has 3 aromatic heterocycles. The zero-order valence-corrected chi connectivity index (χ0v) is 27.1. The van der Waals surface area contributed by atoms with E-state index in [0.29, 0.717) is 0 Å². The summed E-state index contributed by atoms with van der Waals surface area (Å²) in [6.45, 7) is 0. The molecule has 0 saturated heterocycles. The Morgan fingerprint density at radius 3 is 1.50 bits per heavy atom. The maximum Gasteiger partial charge on any atom is 0.0621 e. The molecule has 0 N–H and O–H groups in total. The van der Waals surface area contributed by atoms with Gasteiger partial charge in [0.2, 0.25) is 0 Å². The molecule has 0 radical (unpaired) electrons. The van der Waals surface area contributed by atoms with Crippen LogP contribution in [0.25, 0.3) is 109 Å². The molecule has 0 aliphatic heterocycles. The number of aromatic nitrogens is 2. The van der Waals surface area contributed by atoms with Crippen molar-refractivity contribution in [2.75, 3.05) is 0 Å². The third kappa shape index (κ3) is 3.28. The highest BCUT2D eigenvalue weighted by Crippen LogP contribution is 2.44. The van der Waals surface area contributed by atoms with Crippen molar-refractivity contribution in [2.45, 2.75) is 0 Å². The van der Waals surface area contributed by atoms with Crippen LogP contribution in [-0.4, -0.2) is 8.97 Å². The Morgan fingerprint density at radius 1 is 0.280 bits per heavy atom.